The first-order valence-electron chi connectivity index (χ1n) is 6.74. The van der Waals surface area contributed by atoms with Crippen molar-refractivity contribution in [1.82, 2.24) is 19.5 Å². The van der Waals surface area contributed by atoms with Gasteiger partial charge in [-0.3, -0.25) is 4.57 Å². The minimum Gasteiger partial charge on any atom is -0.394 e. The quantitative estimate of drug-likeness (QED) is 0.635. The van der Waals surface area contributed by atoms with Crippen LogP contribution >= 0.6 is 0 Å². The predicted octanol–water partition coefficient (Wildman–Crippen LogP) is -0.719. The molecule has 1 aliphatic heterocycles. The Morgan fingerprint density at radius 1 is 1.45 bits per heavy atom. The lowest BCUT2D eigenvalue weighted by Gasteiger charge is -2.15. The zero-order valence-electron chi connectivity index (χ0n) is 12.3. The minimum absolute atomic E-state index is 0.112. The summed E-state index contributed by atoms with van der Waals surface area (Å²) in [6.45, 7) is 3.54. The van der Waals surface area contributed by atoms with Gasteiger partial charge < -0.3 is 25.6 Å². The van der Waals surface area contributed by atoms with Crippen molar-refractivity contribution in [2.45, 2.75) is 18.4 Å². The summed E-state index contributed by atoms with van der Waals surface area (Å²) in [4.78, 5) is 14.5. The molecule has 118 valence electrons. The fourth-order valence-corrected chi connectivity index (χ4v) is 2.50. The van der Waals surface area contributed by atoms with Crippen LogP contribution in [0.1, 0.15) is 6.23 Å². The van der Waals surface area contributed by atoms with E-state index in [0.717, 1.165) is 0 Å². The molecule has 0 aromatic carbocycles. The fraction of sp³-hybridized carbons (Fsp3) is 0.462. The number of imidazole rings is 1. The molecule has 2 aromatic heterocycles. The molecule has 0 spiro atoms. The summed E-state index contributed by atoms with van der Waals surface area (Å²) in [7, 11) is 3.66. The van der Waals surface area contributed by atoms with Crippen molar-refractivity contribution in [3.63, 3.8) is 0 Å². The Balaban J connectivity index is 2.11. The Labute approximate surface area is 126 Å². The van der Waals surface area contributed by atoms with E-state index in [9.17, 15) is 10.2 Å². The average molecular weight is 306 g/mol. The summed E-state index contributed by atoms with van der Waals surface area (Å²) < 4.78 is 7.26. The second-order valence-corrected chi connectivity index (χ2v) is 5.35. The summed E-state index contributed by atoms with van der Waals surface area (Å²) in [5, 5.41) is 19.3. The minimum atomic E-state index is -0.944. The molecular weight excluding hydrogens is 288 g/mol. The monoisotopic (exact) mass is 306 g/mol. The van der Waals surface area contributed by atoms with Crippen molar-refractivity contribution in [3.05, 3.63) is 18.5 Å². The molecule has 9 nitrogen and oxygen atoms in total. The van der Waals surface area contributed by atoms with E-state index in [-0.39, 0.29) is 12.6 Å². The maximum absolute atomic E-state index is 10.0. The Morgan fingerprint density at radius 3 is 2.77 bits per heavy atom. The van der Waals surface area contributed by atoms with Crippen LogP contribution in [0.4, 0.5) is 11.8 Å². The van der Waals surface area contributed by atoms with Gasteiger partial charge in [0.25, 0.3) is 0 Å². The lowest BCUT2D eigenvalue weighted by Crippen LogP contribution is -2.25. The number of nitrogens with zero attached hydrogens (tertiary/aromatic N) is 5. The van der Waals surface area contributed by atoms with Gasteiger partial charge in [0.05, 0.1) is 12.9 Å². The number of nitrogens with two attached hydrogens (primary N) is 1. The number of hydrogen-bond donors (Lipinski definition) is 3. The summed E-state index contributed by atoms with van der Waals surface area (Å²) >= 11 is 0. The molecule has 3 atom stereocenters. The molecular formula is C13H18N6O3. The van der Waals surface area contributed by atoms with E-state index in [1.807, 2.05) is 14.1 Å². The number of rotatable bonds is 3. The summed E-state index contributed by atoms with van der Waals surface area (Å²) in [5.74, 6) is 0.699. The first-order valence-corrected chi connectivity index (χ1v) is 6.74. The van der Waals surface area contributed by atoms with E-state index >= 15 is 0 Å². The highest BCUT2D eigenvalue weighted by Gasteiger charge is 2.39. The van der Waals surface area contributed by atoms with Gasteiger partial charge in [0.15, 0.2) is 23.2 Å². The molecule has 9 heteroatoms. The molecule has 0 radical (unpaired) electrons. The predicted molar refractivity (Wildman–Crippen MR) is 80.2 cm³/mol. The SMILES string of the molecule is C=C1[C@H](n2cnc3c(N(C)C)nc(N)nc32)O[C@H](CO)[C@H]1O. The molecule has 4 N–H and O–H groups in total. The number of aliphatic hydroxyl groups excluding tert-OH is 2. The molecule has 0 bridgehead atoms. The number of nitrogen functional groups attached to an aromatic ring is 1. The number of aromatic nitrogens is 4. The van der Waals surface area contributed by atoms with Crippen LogP contribution in [0.25, 0.3) is 11.2 Å². The molecule has 0 aliphatic carbocycles. The number of anilines is 2. The highest BCUT2D eigenvalue weighted by molar-refractivity contribution is 5.84. The Bertz CT molecular complexity index is 728. The maximum atomic E-state index is 10.0. The smallest absolute Gasteiger partial charge is 0.224 e. The zero-order chi connectivity index (χ0) is 16.0. The largest absolute Gasteiger partial charge is 0.394 e. The van der Waals surface area contributed by atoms with Crippen LogP contribution in [-0.2, 0) is 4.74 Å². The number of fused-ring (bicyclic) bond motifs is 1. The standard InChI is InChI=1S/C13H18N6O3/c1-6-9(21)7(4-20)22-12(6)19-5-15-8-10(18(2)3)16-13(14)17-11(8)19/h5,7,9,12,20-21H,1,4H2,2-3H3,(H2,14,16,17)/t7-,9+,12-/m1/s1. The topological polar surface area (TPSA) is 123 Å². The van der Waals surface area contributed by atoms with Crippen LogP contribution in [0.2, 0.25) is 0 Å². The third kappa shape index (κ3) is 2.10. The van der Waals surface area contributed by atoms with Gasteiger partial charge in [-0.15, -0.1) is 0 Å². The van der Waals surface area contributed by atoms with Crippen LogP contribution in [0.5, 0.6) is 0 Å². The lowest BCUT2D eigenvalue weighted by molar-refractivity contribution is -0.0422. The lowest BCUT2D eigenvalue weighted by atomic mass is 10.1. The Morgan fingerprint density at radius 2 is 2.18 bits per heavy atom. The normalized spacial score (nSPS) is 25.1. The van der Waals surface area contributed by atoms with Gasteiger partial charge in [0, 0.05) is 19.7 Å². The van der Waals surface area contributed by atoms with Gasteiger partial charge in [-0.1, -0.05) is 6.58 Å². The van der Waals surface area contributed by atoms with Gasteiger partial charge in [0.1, 0.15) is 12.2 Å². The van der Waals surface area contributed by atoms with E-state index in [0.29, 0.717) is 22.6 Å². The zero-order valence-corrected chi connectivity index (χ0v) is 12.3. The van der Waals surface area contributed by atoms with E-state index in [1.54, 1.807) is 9.47 Å². The number of aliphatic hydroxyl groups is 2. The molecule has 3 rings (SSSR count). The maximum Gasteiger partial charge on any atom is 0.224 e. The van der Waals surface area contributed by atoms with E-state index in [4.69, 9.17) is 10.5 Å². The molecule has 0 saturated carbocycles. The molecule has 0 amide bonds. The van der Waals surface area contributed by atoms with Crippen LogP contribution in [0.15, 0.2) is 18.5 Å². The molecule has 1 saturated heterocycles. The van der Waals surface area contributed by atoms with Crippen LogP contribution in [0.3, 0.4) is 0 Å². The number of hydrogen-bond acceptors (Lipinski definition) is 8. The highest BCUT2D eigenvalue weighted by Crippen LogP contribution is 2.35. The first-order chi connectivity index (χ1) is 10.4. The average Bonchev–Trinajstić information content (AvgIpc) is 3.00. The van der Waals surface area contributed by atoms with Crippen LogP contribution < -0.4 is 10.6 Å². The van der Waals surface area contributed by atoms with Crippen molar-refractivity contribution >= 4 is 22.9 Å². The molecule has 1 fully saturated rings. The van der Waals surface area contributed by atoms with E-state index < -0.39 is 18.4 Å². The molecule has 0 unspecified atom stereocenters. The van der Waals surface area contributed by atoms with Crippen molar-refractivity contribution in [2.24, 2.45) is 0 Å². The molecule has 1 aliphatic rings. The third-order valence-electron chi connectivity index (χ3n) is 3.63. The van der Waals surface area contributed by atoms with E-state index in [2.05, 4.69) is 21.5 Å². The summed E-state index contributed by atoms with van der Waals surface area (Å²) in [6, 6.07) is 0. The summed E-state index contributed by atoms with van der Waals surface area (Å²) in [6.07, 6.45) is -0.794. The van der Waals surface area contributed by atoms with Crippen molar-refractivity contribution in [3.8, 4) is 0 Å². The second-order valence-electron chi connectivity index (χ2n) is 5.35. The molecule has 2 aromatic rings. The van der Waals surface area contributed by atoms with E-state index in [1.165, 1.54) is 6.33 Å². The van der Waals surface area contributed by atoms with Gasteiger partial charge in [-0.05, 0) is 0 Å². The summed E-state index contributed by atoms with van der Waals surface area (Å²) in [5.41, 5.74) is 7.24. The van der Waals surface area contributed by atoms with Gasteiger partial charge in [0.2, 0.25) is 5.95 Å². The number of ether oxygens (including phenoxy) is 1. The van der Waals surface area contributed by atoms with Crippen LogP contribution in [-0.4, -0.2) is 62.6 Å². The second kappa shape index (κ2) is 5.20. The van der Waals surface area contributed by atoms with Gasteiger partial charge in [-0.2, -0.15) is 9.97 Å². The third-order valence-corrected chi connectivity index (χ3v) is 3.63. The fourth-order valence-electron chi connectivity index (χ4n) is 2.50. The van der Waals surface area contributed by atoms with Gasteiger partial charge in [-0.25, -0.2) is 4.98 Å². The highest BCUT2D eigenvalue weighted by atomic mass is 16.5. The molecule has 22 heavy (non-hydrogen) atoms. The first kappa shape index (κ1) is 14.7. The Hall–Kier alpha value is -2.23. The van der Waals surface area contributed by atoms with Crippen molar-refractivity contribution in [2.75, 3.05) is 31.3 Å². The van der Waals surface area contributed by atoms with Crippen molar-refractivity contribution in [1.29, 1.82) is 0 Å². The van der Waals surface area contributed by atoms with Gasteiger partial charge >= 0.3 is 0 Å². The molecule has 3 heterocycles. The van der Waals surface area contributed by atoms with Crippen LogP contribution in [0, 0.1) is 0 Å². The Kier molecular flexibility index (Phi) is 3.47. The van der Waals surface area contributed by atoms with Crippen molar-refractivity contribution < 1.29 is 14.9 Å².